The maximum atomic E-state index is 13.3. The topological polar surface area (TPSA) is 112 Å². The highest BCUT2D eigenvalue weighted by atomic mass is 32.2. The van der Waals surface area contributed by atoms with Gasteiger partial charge in [-0.25, -0.2) is 17.7 Å². The Bertz CT molecular complexity index is 1150. The summed E-state index contributed by atoms with van der Waals surface area (Å²) in [6.45, 7) is 7.07. The van der Waals surface area contributed by atoms with Crippen LogP contribution < -0.4 is 10.6 Å². The van der Waals surface area contributed by atoms with Crippen molar-refractivity contribution < 1.29 is 13.5 Å². The molecular formula is C27H44N6O3S. The molecule has 0 spiro atoms. The summed E-state index contributed by atoms with van der Waals surface area (Å²) in [6.07, 6.45) is 12.8. The number of piperidine rings is 2. The van der Waals surface area contributed by atoms with Crippen LogP contribution in [-0.2, 0) is 10.0 Å². The molecule has 3 N–H and O–H groups in total. The molecule has 206 valence electrons. The van der Waals surface area contributed by atoms with E-state index in [1.807, 2.05) is 6.20 Å². The third kappa shape index (κ3) is 5.82. The van der Waals surface area contributed by atoms with Crippen LogP contribution in [0.5, 0.6) is 0 Å². The highest BCUT2D eigenvalue weighted by Crippen LogP contribution is 2.39. The summed E-state index contributed by atoms with van der Waals surface area (Å²) in [6, 6.07) is 0.622. The first-order chi connectivity index (χ1) is 17.9. The largest absolute Gasteiger partial charge is 0.393 e. The summed E-state index contributed by atoms with van der Waals surface area (Å²) >= 11 is 0. The molecule has 2 aromatic rings. The lowest BCUT2D eigenvalue weighted by atomic mass is 9.90. The normalized spacial score (nSPS) is 25.9. The average molecular weight is 533 g/mol. The van der Waals surface area contributed by atoms with Crippen LogP contribution in [0.25, 0.3) is 11.0 Å². The highest BCUT2D eigenvalue weighted by molar-refractivity contribution is 7.89. The van der Waals surface area contributed by atoms with E-state index in [0.717, 1.165) is 75.5 Å². The van der Waals surface area contributed by atoms with Gasteiger partial charge in [-0.15, -0.1) is 0 Å². The van der Waals surface area contributed by atoms with Crippen molar-refractivity contribution >= 4 is 27.0 Å². The number of aliphatic hydroxyl groups excluding tert-OH is 1. The molecule has 2 aromatic heterocycles. The van der Waals surface area contributed by atoms with E-state index in [-0.39, 0.29) is 11.4 Å². The van der Waals surface area contributed by atoms with Crippen LogP contribution in [-0.4, -0.2) is 75.9 Å². The lowest BCUT2D eigenvalue weighted by molar-refractivity contribution is 0.111. The SMILES string of the molecule is CCC[C@H](C)Nc1ncc2c(C3CCN(S(=O)(=O)C4CCNCC4)CC3)cn(C3CCC(O)CC3)c2n1. The van der Waals surface area contributed by atoms with Gasteiger partial charge in [-0.2, -0.15) is 4.98 Å². The maximum Gasteiger partial charge on any atom is 0.224 e. The van der Waals surface area contributed by atoms with Crippen LogP contribution in [0.3, 0.4) is 0 Å². The summed E-state index contributed by atoms with van der Waals surface area (Å²) in [5, 5.41) is 17.6. The third-order valence-electron chi connectivity index (χ3n) is 8.72. The van der Waals surface area contributed by atoms with Crippen LogP contribution in [0.1, 0.15) is 95.6 Å². The summed E-state index contributed by atoms with van der Waals surface area (Å²) in [5.41, 5.74) is 2.20. The van der Waals surface area contributed by atoms with Crippen molar-refractivity contribution in [1.29, 1.82) is 0 Å². The molecule has 10 heteroatoms. The van der Waals surface area contributed by atoms with Crippen molar-refractivity contribution in [3.8, 4) is 0 Å². The predicted octanol–water partition coefficient (Wildman–Crippen LogP) is 3.77. The number of hydrogen-bond acceptors (Lipinski definition) is 7. The zero-order chi connectivity index (χ0) is 26.0. The molecule has 1 aliphatic carbocycles. The lowest BCUT2D eigenvalue weighted by Gasteiger charge is -2.35. The number of sulfonamides is 1. The molecule has 0 amide bonds. The quantitative estimate of drug-likeness (QED) is 0.474. The number of hydrogen-bond donors (Lipinski definition) is 3. The Morgan fingerprint density at radius 1 is 1.11 bits per heavy atom. The van der Waals surface area contributed by atoms with Gasteiger partial charge >= 0.3 is 0 Å². The predicted molar refractivity (Wildman–Crippen MR) is 147 cm³/mol. The van der Waals surface area contributed by atoms with E-state index in [1.54, 1.807) is 4.31 Å². The second-order valence-electron chi connectivity index (χ2n) is 11.4. The van der Waals surface area contributed by atoms with Crippen molar-refractivity contribution in [3.63, 3.8) is 0 Å². The second kappa shape index (κ2) is 11.6. The molecule has 9 nitrogen and oxygen atoms in total. The van der Waals surface area contributed by atoms with E-state index in [1.165, 1.54) is 5.56 Å². The van der Waals surface area contributed by atoms with Gasteiger partial charge in [0.15, 0.2) is 0 Å². The molecule has 0 bridgehead atoms. The number of anilines is 1. The Morgan fingerprint density at radius 3 is 2.49 bits per heavy atom. The monoisotopic (exact) mass is 532 g/mol. The minimum Gasteiger partial charge on any atom is -0.393 e. The van der Waals surface area contributed by atoms with Crippen LogP contribution in [0, 0.1) is 0 Å². The number of fused-ring (bicyclic) bond motifs is 1. The molecule has 5 rings (SSSR count). The van der Waals surface area contributed by atoms with Crippen molar-refractivity contribution in [1.82, 2.24) is 24.2 Å². The van der Waals surface area contributed by atoms with Crippen molar-refractivity contribution in [2.75, 3.05) is 31.5 Å². The Morgan fingerprint density at radius 2 is 1.81 bits per heavy atom. The van der Waals surface area contributed by atoms with E-state index in [2.05, 4.69) is 40.2 Å². The van der Waals surface area contributed by atoms with Gasteiger partial charge in [0.25, 0.3) is 0 Å². The molecule has 2 saturated heterocycles. The summed E-state index contributed by atoms with van der Waals surface area (Å²) in [4.78, 5) is 9.67. The Hall–Kier alpha value is -1.75. The van der Waals surface area contributed by atoms with Gasteiger partial charge in [0.05, 0.1) is 11.4 Å². The first-order valence-electron chi connectivity index (χ1n) is 14.4. The van der Waals surface area contributed by atoms with Crippen molar-refractivity contribution in [3.05, 3.63) is 18.0 Å². The summed E-state index contributed by atoms with van der Waals surface area (Å²) in [7, 11) is -3.24. The first kappa shape index (κ1) is 26.8. The van der Waals surface area contributed by atoms with E-state index in [0.29, 0.717) is 49.9 Å². The smallest absolute Gasteiger partial charge is 0.224 e. The van der Waals surface area contributed by atoms with E-state index in [4.69, 9.17) is 4.98 Å². The second-order valence-corrected chi connectivity index (χ2v) is 13.6. The fourth-order valence-corrected chi connectivity index (χ4v) is 8.49. The fourth-order valence-electron chi connectivity index (χ4n) is 6.51. The van der Waals surface area contributed by atoms with Gasteiger partial charge in [-0.1, -0.05) is 13.3 Å². The molecular weight excluding hydrogens is 488 g/mol. The highest BCUT2D eigenvalue weighted by Gasteiger charge is 2.36. The maximum absolute atomic E-state index is 13.3. The molecule has 37 heavy (non-hydrogen) atoms. The van der Waals surface area contributed by atoms with Crippen LogP contribution in [0.4, 0.5) is 5.95 Å². The molecule has 1 saturated carbocycles. The standard InChI is InChI=1S/C27H44N6O3S/c1-3-4-19(2)30-27-29-17-24-25(18-33(26(24)31-27)21-5-7-22(34)8-6-21)20-11-15-32(16-12-20)37(35,36)23-9-13-28-14-10-23/h17-23,28,34H,3-16H2,1-2H3,(H,29,30,31)/t19-,21?,22?/m0/s1. The van der Waals surface area contributed by atoms with Crippen LogP contribution in [0.2, 0.25) is 0 Å². The number of aromatic nitrogens is 3. The Kier molecular flexibility index (Phi) is 8.38. The van der Waals surface area contributed by atoms with Crippen molar-refractivity contribution in [2.24, 2.45) is 0 Å². The van der Waals surface area contributed by atoms with Gasteiger partial charge < -0.3 is 20.3 Å². The Labute approximate surface area is 221 Å². The average Bonchev–Trinajstić information content (AvgIpc) is 3.28. The summed E-state index contributed by atoms with van der Waals surface area (Å²) in [5.74, 6) is 0.955. The Balaban J connectivity index is 1.38. The van der Waals surface area contributed by atoms with Crippen LogP contribution >= 0.6 is 0 Å². The number of rotatable bonds is 8. The molecule has 0 unspecified atom stereocenters. The first-order valence-corrected chi connectivity index (χ1v) is 15.9. The van der Waals surface area contributed by atoms with Gasteiger partial charge in [0.1, 0.15) is 5.65 Å². The van der Waals surface area contributed by atoms with Gasteiger partial charge in [0, 0.05) is 43.0 Å². The zero-order valence-corrected chi connectivity index (χ0v) is 23.2. The fraction of sp³-hybridized carbons (Fsp3) is 0.778. The van der Waals surface area contributed by atoms with Gasteiger partial charge in [0.2, 0.25) is 16.0 Å². The van der Waals surface area contributed by atoms with E-state index >= 15 is 0 Å². The van der Waals surface area contributed by atoms with Crippen LogP contribution in [0.15, 0.2) is 12.4 Å². The van der Waals surface area contributed by atoms with Gasteiger partial charge in [-0.05, 0) is 89.3 Å². The molecule has 3 fully saturated rings. The minimum absolute atomic E-state index is 0.203. The third-order valence-corrected chi connectivity index (χ3v) is 11.1. The molecule has 2 aliphatic heterocycles. The number of nitrogens with one attached hydrogen (secondary N) is 2. The molecule has 3 aliphatic rings. The summed E-state index contributed by atoms with van der Waals surface area (Å²) < 4.78 is 30.6. The molecule has 0 radical (unpaired) electrons. The molecule has 1 atom stereocenters. The number of aliphatic hydroxyl groups is 1. The van der Waals surface area contributed by atoms with Gasteiger partial charge in [-0.3, -0.25) is 0 Å². The van der Waals surface area contributed by atoms with Crippen molar-refractivity contribution in [2.45, 2.75) is 107 Å². The van der Waals surface area contributed by atoms with E-state index in [9.17, 15) is 13.5 Å². The molecule has 4 heterocycles. The number of nitrogens with zero attached hydrogens (tertiary/aromatic N) is 4. The minimum atomic E-state index is -3.24. The lowest BCUT2D eigenvalue weighted by Crippen LogP contribution is -2.46. The van der Waals surface area contributed by atoms with E-state index < -0.39 is 10.0 Å². The zero-order valence-electron chi connectivity index (χ0n) is 22.4. The molecule has 0 aromatic carbocycles.